The van der Waals surface area contributed by atoms with Crippen molar-refractivity contribution in [2.45, 2.75) is 12.7 Å². The van der Waals surface area contributed by atoms with E-state index in [0.717, 1.165) is 0 Å². The number of benzene rings is 1. The topological polar surface area (TPSA) is 83.3 Å². The Morgan fingerprint density at radius 3 is 2.74 bits per heavy atom. The van der Waals surface area contributed by atoms with Crippen molar-refractivity contribution in [3.05, 3.63) is 40.9 Å². The van der Waals surface area contributed by atoms with Gasteiger partial charge in [-0.25, -0.2) is 14.2 Å². The van der Waals surface area contributed by atoms with Gasteiger partial charge in [-0.05, 0) is 25.1 Å². The summed E-state index contributed by atoms with van der Waals surface area (Å²) in [6.07, 6.45) is 1.51. The Hall–Kier alpha value is -1.50. The summed E-state index contributed by atoms with van der Waals surface area (Å²) in [5, 5.41) is 10.3. The van der Waals surface area contributed by atoms with E-state index in [0.29, 0.717) is 21.8 Å². The number of aromatic nitrogens is 2. The summed E-state index contributed by atoms with van der Waals surface area (Å²) in [7, 11) is 0. The van der Waals surface area contributed by atoms with Crippen LogP contribution in [0, 0.1) is 6.92 Å². The van der Waals surface area contributed by atoms with Gasteiger partial charge in [-0.1, -0.05) is 11.6 Å². The molecule has 1 atom stereocenters. The van der Waals surface area contributed by atoms with Crippen LogP contribution in [-0.2, 0) is 16.8 Å². The van der Waals surface area contributed by atoms with E-state index < -0.39 is 11.1 Å². The lowest BCUT2D eigenvalue weighted by atomic mass is 10.1. The normalized spacial score (nSPS) is 12.4. The minimum atomic E-state index is -1.98. The van der Waals surface area contributed by atoms with Crippen LogP contribution in [0.5, 0.6) is 5.75 Å². The summed E-state index contributed by atoms with van der Waals surface area (Å²) in [6.45, 7) is 1.74. The summed E-state index contributed by atoms with van der Waals surface area (Å²) < 4.78 is 19.5. The third kappa shape index (κ3) is 3.28. The molecule has 2 rings (SSSR count). The van der Waals surface area contributed by atoms with Crippen molar-refractivity contribution >= 4 is 22.7 Å². The van der Waals surface area contributed by atoms with Gasteiger partial charge in [0, 0.05) is 28.0 Å². The molecule has 0 aliphatic heterocycles. The van der Waals surface area contributed by atoms with Gasteiger partial charge in [0.1, 0.15) is 17.3 Å². The highest BCUT2D eigenvalue weighted by molar-refractivity contribution is 7.78. The fourth-order valence-corrected chi connectivity index (χ4v) is 2.22. The number of phenolic OH excluding ortho intramolecular Hbond substituents is 1. The first-order chi connectivity index (χ1) is 8.97. The Bertz CT molecular complexity index is 649. The number of nitrogens with zero attached hydrogens (tertiary/aromatic N) is 2. The molecule has 1 aromatic carbocycles. The van der Waals surface area contributed by atoms with E-state index in [2.05, 4.69) is 9.97 Å². The average molecular weight is 299 g/mol. The van der Waals surface area contributed by atoms with Gasteiger partial charge in [0.05, 0.1) is 0 Å². The first kappa shape index (κ1) is 13.9. The highest BCUT2D eigenvalue weighted by Crippen LogP contribution is 2.32. The first-order valence-corrected chi connectivity index (χ1v) is 7.01. The van der Waals surface area contributed by atoms with Crippen LogP contribution in [0.1, 0.15) is 11.5 Å². The summed E-state index contributed by atoms with van der Waals surface area (Å²) in [4.78, 5) is 8.15. The second-order valence-electron chi connectivity index (χ2n) is 3.91. The van der Waals surface area contributed by atoms with Gasteiger partial charge in [-0.15, -0.1) is 0 Å². The van der Waals surface area contributed by atoms with Crippen molar-refractivity contribution in [1.82, 2.24) is 9.97 Å². The standard InChI is InChI=1S/C12H11ClN2O3S/c1-7-10(5-14-12(15-7)6-19(17)18)9-4-8(13)2-3-11(9)16/h2-5,16H,6H2,1H3,(H,17,18). The molecule has 19 heavy (non-hydrogen) atoms. The SMILES string of the molecule is Cc1nc(CS(=O)O)ncc1-c1cc(Cl)ccc1O. The van der Waals surface area contributed by atoms with Crippen LogP contribution in [-0.4, -0.2) is 23.8 Å². The molecular weight excluding hydrogens is 288 g/mol. The van der Waals surface area contributed by atoms with Gasteiger partial charge in [0.2, 0.25) is 0 Å². The Balaban J connectivity index is 2.46. The maximum absolute atomic E-state index is 10.7. The number of hydrogen-bond donors (Lipinski definition) is 2. The largest absolute Gasteiger partial charge is 0.507 e. The summed E-state index contributed by atoms with van der Waals surface area (Å²) in [6, 6.07) is 4.69. The highest BCUT2D eigenvalue weighted by Gasteiger charge is 2.11. The van der Waals surface area contributed by atoms with E-state index in [-0.39, 0.29) is 17.3 Å². The number of rotatable bonds is 3. The van der Waals surface area contributed by atoms with Crippen LogP contribution < -0.4 is 0 Å². The van der Waals surface area contributed by atoms with E-state index in [1.165, 1.54) is 12.3 Å². The van der Waals surface area contributed by atoms with Crippen LogP contribution in [0.15, 0.2) is 24.4 Å². The summed E-state index contributed by atoms with van der Waals surface area (Å²) in [5.41, 5.74) is 1.77. The molecule has 0 amide bonds. The van der Waals surface area contributed by atoms with Crippen molar-refractivity contribution in [3.8, 4) is 16.9 Å². The van der Waals surface area contributed by atoms with E-state index in [1.54, 1.807) is 19.1 Å². The number of hydrogen-bond acceptors (Lipinski definition) is 4. The number of phenols is 1. The maximum Gasteiger partial charge on any atom is 0.160 e. The van der Waals surface area contributed by atoms with Crippen molar-refractivity contribution in [3.63, 3.8) is 0 Å². The number of halogens is 1. The monoisotopic (exact) mass is 298 g/mol. The molecule has 100 valence electrons. The molecule has 1 heterocycles. The lowest BCUT2D eigenvalue weighted by Crippen LogP contribution is -2.02. The Morgan fingerprint density at radius 2 is 2.11 bits per heavy atom. The second-order valence-corrected chi connectivity index (χ2v) is 5.28. The van der Waals surface area contributed by atoms with E-state index in [1.807, 2.05) is 0 Å². The van der Waals surface area contributed by atoms with Crippen LogP contribution in [0.2, 0.25) is 5.02 Å². The Kier molecular flexibility index (Phi) is 4.14. The number of aryl methyl sites for hydroxylation is 1. The van der Waals surface area contributed by atoms with Crippen LogP contribution >= 0.6 is 11.6 Å². The minimum Gasteiger partial charge on any atom is -0.507 e. The molecule has 2 N–H and O–H groups in total. The maximum atomic E-state index is 10.7. The Labute approximate surface area is 117 Å². The van der Waals surface area contributed by atoms with Crippen molar-refractivity contribution in [2.24, 2.45) is 0 Å². The zero-order valence-corrected chi connectivity index (χ0v) is 11.6. The lowest BCUT2D eigenvalue weighted by molar-refractivity contribution is 0.477. The third-order valence-electron chi connectivity index (χ3n) is 2.53. The highest BCUT2D eigenvalue weighted by atomic mass is 35.5. The van der Waals surface area contributed by atoms with Gasteiger partial charge in [0.25, 0.3) is 0 Å². The predicted molar refractivity (Wildman–Crippen MR) is 73.4 cm³/mol. The molecular formula is C12H11ClN2O3S. The fraction of sp³-hybridized carbons (Fsp3) is 0.167. The van der Waals surface area contributed by atoms with E-state index >= 15 is 0 Å². The van der Waals surface area contributed by atoms with Gasteiger partial charge in [-0.3, -0.25) is 0 Å². The van der Waals surface area contributed by atoms with E-state index in [9.17, 15) is 9.32 Å². The van der Waals surface area contributed by atoms with E-state index in [4.69, 9.17) is 16.2 Å². The van der Waals surface area contributed by atoms with Gasteiger partial charge < -0.3 is 9.66 Å². The summed E-state index contributed by atoms with van der Waals surface area (Å²) >= 11 is 3.91. The molecule has 0 aliphatic carbocycles. The first-order valence-electron chi connectivity index (χ1n) is 5.36. The van der Waals surface area contributed by atoms with Crippen LogP contribution in [0.4, 0.5) is 0 Å². The van der Waals surface area contributed by atoms with Crippen molar-refractivity contribution in [2.75, 3.05) is 0 Å². The third-order valence-corrected chi connectivity index (χ3v) is 3.27. The van der Waals surface area contributed by atoms with Crippen molar-refractivity contribution < 1.29 is 13.9 Å². The molecule has 0 radical (unpaired) electrons. The lowest BCUT2D eigenvalue weighted by Gasteiger charge is -2.08. The fourth-order valence-electron chi connectivity index (χ4n) is 1.68. The molecule has 0 saturated heterocycles. The van der Waals surface area contributed by atoms with Crippen molar-refractivity contribution in [1.29, 1.82) is 0 Å². The zero-order chi connectivity index (χ0) is 14.0. The molecule has 0 aliphatic rings. The molecule has 5 nitrogen and oxygen atoms in total. The zero-order valence-electron chi connectivity index (χ0n) is 10.00. The second kappa shape index (κ2) is 5.64. The van der Waals surface area contributed by atoms with Crippen LogP contribution in [0.3, 0.4) is 0 Å². The van der Waals surface area contributed by atoms with Gasteiger partial charge in [-0.2, -0.15) is 0 Å². The average Bonchev–Trinajstić information content (AvgIpc) is 2.32. The quantitative estimate of drug-likeness (QED) is 0.851. The molecule has 2 aromatic rings. The molecule has 1 aromatic heterocycles. The van der Waals surface area contributed by atoms with Gasteiger partial charge >= 0.3 is 0 Å². The summed E-state index contributed by atoms with van der Waals surface area (Å²) in [5.74, 6) is 0.237. The molecule has 0 saturated carbocycles. The minimum absolute atomic E-state index is 0.0783. The predicted octanol–water partition coefficient (Wildman–Crippen LogP) is 2.53. The van der Waals surface area contributed by atoms with Crippen LogP contribution in [0.25, 0.3) is 11.1 Å². The molecule has 1 unspecified atom stereocenters. The Morgan fingerprint density at radius 1 is 1.37 bits per heavy atom. The molecule has 0 spiro atoms. The molecule has 0 fully saturated rings. The van der Waals surface area contributed by atoms with Gasteiger partial charge in [0.15, 0.2) is 11.1 Å². The smallest absolute Gasteiger partial charge is 0.160 e. The number of aromatic hydroxyl groups is 1. The molecule has 7 heteroatoms. The molecule has 0 bridgehead atoms.